The van der Waals surface area contributed by atoms with Crippen molar-refractivity contribution in [1.29, 1.82) is 0 Å². The van der Waals surface area contributed by atoms with Crippen molar-refractivity contribution < 1.29 is 9.18 Å². The summed E-state index contributed by atoms with van der Waals surface area (Å²) < 4.78 is 13.3. The summed E-state index contributed by atoms with van der Waals surface area (Å²) >= 11 is 0. The van der Waals surface area contributed by atoms with Gasteiger partial charge in [-0.15, -0.1) is 0 Å². The first-order valence-corrected chi connectivity index (χ1v) is 8.00. The van der Waals surface area contributed by atoms with Crippen LogP contribution in [0.15, 0.2) is 30.5 Å². The Balaban J connectivity index is 1.60. The van der Waals surface area contributed by atoms with Crippen molar-refractivity contribution in [2.75, 3.05) is 0 Å². The summed E-state index contributed by atoms with van der Waals surface area (Å²) in [7, 11) is 0. The van der Waals surface area contributed by atoms with Gasteiger partial charge in [-0.2, -0.15) is 0 Å². The van der Waals surface area contributed by atoms with E-state index < -0.39 is 0 Å². The number of nitrogens with zero attached hydrogens (tertiary/aromatic N) is 3. The number of hydrogen-bond acceptors (Lipinski definition) is 3. The topological polar surface area (TPSA) is 46.1 Å². The second kappa shape index (κ2) is 5.41. The Hall–Kier alpha value is -2.30. The Morgan fingerprint density at radius 1 is 1.39 bits per heavy atom. The molecule has 1 aromatic carbocycles. The van der Waals surface area contributed by atoms with Crippen LogP contribution in [0.25, 0.3) is 0 Å². The van der Waals surface area contributed by atoms with E-state index in [0.717, 1.165) is 41.9 Å². The number of hydrogen-bond donors (Lipinski definition) is 0. The number of aryl methyl sites for hydroxylation is 1. The van der Waals surface area contributed by atoms with Gasteiger partial charge in [-0.3, -0.25) is 4.79 Å². The minimum Gasteiger partial charge on any atom is -0.332 e. The van der Waals surface area contributed by atoms with E-state index >= 15 is 0 Å². The third-order valence-corrected chi connectivity index (χ3v) is 4.84. The van der Waals surface area contributed by atoms with Crippen molar-refractivity contribution in [3.05, 3.63) is 58.9 Å². The SMILES string of the molecule is Cc1ncc2c(n1)C[C@@H]1CC[C@H]2N1C(=O)Cc1cccc(F)c1. The van der Waals surface area contributed by atoms with Crippen LogP contribution in [0.5, 0.6) is 0 Å². The lowest BCUT2D eigenvalue weighted by Crippen LogP contribution is -2.43. The fraction of sp³-hybridized carbons (Fsp3) is 0.389. The average molecular weight is 311 g/mol. The first kappa shape index (κ1) is 14.3. The predicted octanol–water partition coefficient (Wildman–Crippen LogP) is 2.76. The molecule has 2 aliphatic heterocycles. The second-order valence-electron chi connectivity index (χ2n) is 6.38. The smallest absolute Gasteiger partial charge is 0.227 e. The Morgan fingerprint density at radius 2 is 2.26 bits per heavy atom. The lowest BCUT2D eigenvalue weighted by Gasteiger charge is -2.35. The maximum Gasteiger partial charge on any atom is 0.227 e. The van der Waals surface area contributed by atoms with Gasteiger partial charge in [-0.25, -0.2) is 14.4 Å². The Morgan fingerprint density at radius 3 is 3.09 bits per heavy atom. The Kier molecular flexibility index (Phi) is 3.36. The highest BCUT2D eigenvalue weighted by Crippen LogP contribution is 2.43. The van der Waals surface area contributed by atoms with E-state index in [0.29, 0.717) is 0 Å². The number of carbonyl (C=O) groups excluding carboxylic acids is 1. The van der Waals surface area contributed by atoms with E-state index in [-0.39, 0.29) is 30.2 Å². The molecule has 3 heterocycles. The number of fused-ring (bicyclic) bond motifs is 4. The number of aromatic nitrogens is 2. The standard InChI is InChI=1S/C18H18FN3O/c1-11-20-10-15-16(21-11)9-14-5-6-17(15)22(14)18(23)8-12-3-2-4-13(19)7-12/h2-4,7,10,14,17H,5-6,8-9H2,1H3/t14-,17+/m0/s1. The largest absolute Gasteiger partial charge is 0.332 e. The summed E-state index contributed by atoms with van der Waals surface area (Å²) in [6.45, 7) is 1.89. The van der Waals surface area contributed by atoms with Gasteiger partial charge >= 0.3 is 0 Å². The zero-order valence-electron chi connectivity index (χ0n) is 13.0. The average Bonchev–Trinajstić information content (AvgIpc) is 2.83. The zero-order valence-corrected chi connectivity index (χ0v) is 13.0. The molecule has 23 heavy (non-hydrogen) atoms. The van der Waals surface area contributed by atoms with Gasteiger partial charge in [0.25, 0.3) is 0 Å². The minimum absolute atomic E-state index is 0.0642. The number of carbonyl (C=O) groups is 1. The summed E-state index contributed by atoms with van der Waals surface area (Å²) in [6.07, 6.45) is 4.86. The molecule has 4 nitrogen and oxygen atoms in total. The molecule has 0 aliphatic carbocycles. The summed E-state index contributed by atoms with van der Waals surface area (Å²) in [5.74, 6) is 0.545. The normalized spacial score (nSPS) is 22.1. The molecule has 1 amide bonds. The van der Waals surface area contributed by atoms with E-state index in [4.69, 9.17) is 0 Å². The van der Waals surface area contributed by atoms with Gasteiger partial charge in [0, 0.05) is 24.2 Å². The van der Waals surface area contributed by atoms with Crippen LogP contribution in [0.4, 0.5) is 4.39 Å². The zero-order chi connectivity index (χ0) is 16.0. The predicted molar refractivity (Wildman–Crippen MR) is 83.2 cm³/mol. The second-order valence-corrected chi connectivity index (χ2v) is 6.38. The fourth-order valence-corrected chi connectivity index (χ4v) is 3.87. The molecule has 0 unspecified atom stereocenters. The lowest BCUT2D eigenvalue weighted by atomic mass is 9.98. The molecule has 1 saturated heterocycles. The molecular formula is C18H18FN3O. The molecule has 2 atom stereocenters. The van der Waals surface area contributed by atoms with Gasteiger partial charge in [0.2, 0.25) is 5.91 Å². The maximum absolute atomic E-state index is 13.3. The van der Waals surface area contributed by atoms with Crippen molar-refractivity contribution in [2.24, 2.45) is 0 Å². The van der Waals surface area contributed by atoms with E-state index in [1.54, 1.807) is 12.1 Å². The van der Waals surface area contributed by atoms with Gasteiger partial charge in [0.05, 0.1) is 18.2 Å². The van der Waals surface area contributed by atoms with Gasteiger partial charge < -0.3 is 4.90 Å². The van der Waals surface area contributed by atoms with Crippen molar-refractivity contribution in [3.63, 3.8) is 0 Å². The molecule has 2 aliphatic rings. The molecule has 2 bridgehead atoms. The molecule has 1 fully saturated rings. The maximum atomic E-state index is 13.3. The fourth-order valence-electron chi connectivity index (χ4n) is 3.87. The number of benzene rings is 1. The van der Waals surface area contributed by atoms with Crippen LogP contribution in [0, 0.1) is 12.7 Å². The molecular weight excluding hydrogens is 293 g/mol. The molecule has 0 N–H and O–H groups in total. The van der Waals surface area contributed by atoms with Crippen molar-refractivity contribution in [1.82, 2.24) is 14.9 Å². The van der Waals surface area contributed by atoms with E-state index in [9.17, 15) is 9.18 Å². The third kappa shape index (κ3) is 2.50. The molecule has 5 heteroatoms. The van der Waals surface area contributed by atoms with Crippen LogP contribution in [0.3, 0.4) is 0 Å². The Labute approximate surface area is 134 Å². The van der Waals surface area contributed by atoms with Crippen LogP contribution in [0.1, 0.15) is 41.5 Å². The van der Waals surface area contributed by atoms with Crippen LogP contribution < -0.4 is 0 Å². The summed E-state index contributed by atoms with van der Waals surface area (Å²) in [4.78, 5) is 23.6. The van der Waals surface area contributed by atoms with Gasteiger partial charge in [0.1, 0.15) is 11.6 Å². The molecule has 118 valence electrons. The number of rotatable bonds is 2. The highest BCUT2D eigenvalue weighted by molar-refractivity contribution is 5.80. The van der Waals surface area contributed by atoms with Crippen LogP contribution in [0.2, 0.25) is 0 Å². The summed E-state index contributed by atoms with van der Waals surface area (Å²) in [5.41, 5.74) is 2.89. The highest BCUT2D eigenvalue weighted by Gasteiger charge is 2.43. The minimum atomic E-state index is -0.300. The molecule has 2 aromatic rings. The van der Waals surface area contributed by atoms with E-state index in [2.05, 4.69) is 9.97 Å². The summed E-state index contributed by atoms with van der Waals surface area (Å²) in [6, 6.07) is 6.56. The monoisotopic (exact) mass is 311 g/mol. The molecule has 0 radical (unpaired) electrons. The van der Waals surface area contributed by atoms with Crippen LogP contribution in [-0.4, -0.2) is 26.8 Å². The van der Waals surface area contributed by atoms with Crippen molar-refractivity contribution >= 4 is 5.91 Å². The number of amides is 1. The van der Waals surface area contributed by atoms with Crippen molar-refractivity contribution in [2.45, 2.75) is 44.7 Å². The van der Waals surface area contributed by atoms with Gasteiger partial charge in [-0.05, 0) is 37.5 Å². The van der Waals surface area contributed by atoms with Gasteiger partial charge in [-0.1, -0.05) is 12.1 Å². The van der Waals surface area contributed by atoms with Gasteiger partial charge in [0.15, 0.2) is 0 Å². The molecule has 0 spiro atoms. The Bertz CT molecular complexity index is 777. The first-order chi connectivity index (χ1) is 11.1. The third-order valence-electron chi connectivity index (χ3n) is 4.84. The van der Waals surface area contributed by atoms with Crippen LogP contribution in [-0.2, 0) is 17.6 Å². The summed E-state index contributed by atoms with van der Waals surface area (Å²) in [5, 5.41) is 0. The number of halogens is 1. The lowest BCUT2D eigenvalue weighted by molar-refractivity contribution is -0.134. The first-order valence-electron chi connectivity index (χ1n) is 8.00. The van der Waals surface area contributed by atoms with Crippen LogP contribution >= 0.6 is 0 Å². The molecule has 4 rings (SSSR count). The van der Waals surface area contributed by atoms with E-state index in [1.807, 2.05) is 18.0 Å². The van der Waals surface area contributed by atoms with E-state index in [1.165, 1.54) is 12.1 Å². The molecule has 1 aromatic heterocycles. The quantitative estimate of drug-likeness (QED) is 0.857. The van der Waals surface area contributed by atoms with Crippen molar-refractivity contribution in [3.8, 4) is 0 Å². The molecule has 0 saturated carbocycles. The highest BCUT2D eigenvalue weighted by atomic mass is 19.1.